The van der Waals surface area contributed by atoms with Gasteiger partial charge in [-0.3, -0.25) is 4.79 Å². The largest absolute Gasteiger partial charge is 0.480 e. The Hall–Kier alpha value is -1.49. The van der Waals surface area contributed by atoms with Gasteiger partial charge in [0.25, 0.3) is 0 Å². The highest BCUT2D eigenvalue weighted by Crippen LogP contribution is 2.21. The molecule has 0 unspecified atom stereocenters. The summed E-state index contributed by atoms with van der Waals surface area (Å²) in [5.74, 6) is -0.147. The summed E-state index contributed by atoms with van der Waals surface area (Å²) in [6.07, 6.45) is 0. The molecule has 0 saturated carbocycles. The lowest BCUT2D eigenvalue weighted by Crippen LogP contribution is -2.22. The number of carboxylic acids is 1. The monoisotopic (exact) mass is 212 g/mol. The van der Waals surface area contributed by atoms with Crippen molar-refractivity contribution in [3.8, 4) is 0 Å². The second-order valence-electron chi connectivity index (χ2n) is 3.16. The van der Waals surface area contributed by atoms with Gasteiger partial charge in [0.1, 0.15) is 5.76 Å². The van der Waals surface area contributed by atoms with Crippen molar-refractivity contribution in [2.24, 2.45) is 5.73 Å². The van der Waals surface area contributed by atoms with Gasteiger partial charge < -0.3 is 20.2 Å². The second kappa shape index (κ2) is 4.84. The van der Waals surface area contributed by atoms with Crippen LogP contribution >= 0.6 is 0 Å². The summed E-state index contributed by atoms with van der Waals surface area (Å²) in [6, 6.07) is 2.26. The quantitative estimate of drug-likeness (QED) is 0.766. The van der Waals surface area contributed by atoms with Gasteiger partial charge >= 0.3 is 5.97 Å². The van der Waals surface area contributed by atoms with E-state index in [-0.39, 0.29) is 5.76 Å². The summed E-state index contributed by atoms with van der Waals surface area (Å²) in [5, 5.41) is 8.70. The lowest BCUT2D eigenvalue weighted by atomic mass is 10.2. The Kier molecular flexibility index (Phi) is 3.74. The van der Waals surface area contributed by atoms with Crippen LogP contribution < -0.4 is 10.6 Å². The zero-order valence-corrected chi connectivity index (χ0v) is 8.93. The molecule has 15 heavy (non-hydrogen) atoms. The van der Waals surface area contributed by atoms with Crippen molar-refractivity contribution in [2.75, 3.05) is 18.0 Å². The zero-order valence-electron chi connectivity index (χ0n) is 8.93. The highest BCUT2D eigenvalue weighted by Gasteiger charge is 2.19. The van der Waals surface area contributed by atoms with Crippen molar-refractivity contribution < 1.29 is 14.3 Å². The maximum Gasteiger partial charge on any atom is 0.328 e. The minimum absolute atomic E-state index is 0.282. The van der Waals surface area contributed by atoms with Crippen molar-refractivity contribution in [1.29, 1.82) is 0 Å². The number of hydrogen-bond acceptors (Lipinski definition) is 4. The first-order chi connectivity index (χ1) is 7.10. The summed E-state index contributed by atoms with van der Waals surface area (Å²) in [7, 11) is 0. The molecule has 0 spiro atoms. The van der Waals surface area contributed by atoms with Gasteiger partial charge in [0.05, 0.1) is 0 Å². The Balaban J connectivity index is 2.84. The van der Waals surface area contributed by atoms with Crippen molar-refractivity contribution in [3.63, 3.8) is 0 Å². The number of carbonyl (C=O) groups is 1. The summed E-state index contributed by atoms with van der Waals surface area (Å²) < 4.78 is 5.37. The first-order valence-corrected chi connectivity index (χ1v) is 4.93. The lowest BCUT2D eigenvalue weighted by molar-refractivity contribution is -0.139. The summed E-state index contributed by atoms with van der Waals surface area (Å²) in [4.78, 5) is 12.6. The third kappa shape index (κ3) is 2.50. The number of nitrogens with two attached hydrogens (primary N) is 1. The van der Waals surface area contributed by atoms with Crippen LogP contribution in [0.4, 0.5) is 5.88 Å². The summed E-state index contributed by atoms with van der Waals surface area (Å²) >= 11 is 0. The van der Waals surface area contributed by atoms with Crippen molar-refractivity contribution >= 4 is 11.9 Å². The Labute approximate surface area is 88.5 Å². The number of furan rings is 1. The number of anilines is 1. The molecule has 1 aromatic rings. The van der Waals surface area contributed by atoms with Gasteiger partial charge in [-0.25, -0.2) is 0 Å². The Morgan fingerprint density at radius 1 is 1.53 bits per heavy atom. The van der Waals surface area contributed by atoms with Gasteiger partial charge in [0, 0.05) is 19.2 Å². The SMILES string of the molecule is CCN(CC)c1ccc([C@H](N)C(=O)O)o1. The molecule has 1 atom stereocenters. The van der Waals surface area contributed by atoms with Crippen LogP contribution in [0.15, 0.2) is 16.5 Å². The minimum Gasteiger partial charge on any atom is -0.480 e. The topological polar surface area (TPSA) is 79.7 Å². The molecule has 5 nitrogen and oxygen atoms in total. The number of carboxylic acid groups (broad SMARTS) is 1. The van der Waals surface area contributed by atoms with Crippen LogP contribution in [0.25, 0.3) is 0 Å². The van der Waals surface area contributed by atoms with Crippen LogP contribution in [0.2, 0.25) is 0 Å². The molecule has 0 fully saturated rings. The highest BCUT2D eigenvalue weighted by molar-refractivity contribution is 5.74. The van der Waals surface area contributed by atoms with E-state index in [9.17, 15) is 4.79 Å². The standard InChI is InChI=1S/C10H16N2O3/c1-3-12(4-2)8-6-5-7(15-8)9(11)10(13)14/h5-6,9H,3-4,11H2,1-2H3,(H,13,14)/t9-/m0/s1. The van der Waals surface area contributed by atoms with E-state index >= 15 is 0 Å². The molecule has 1 heterocycles. The molecule has 0 aliphatic carbocycles. The van der Waals surface area contributed by atoms with Gasteiger partial charge in [0.2, 0.25) is 0 Å². The van der Waals surface area contributed by atoms with E-state index in [1.807, 2.05) is 18.7 Å². The molecule has 0 aliphatic heterocycles. The van der Waals surface area contributed by atoms with Gasteiger partial charge in [-0.15, -0.1) is 0 Å². The molecule has 3 N–H and O–H groups in total. The van der Waals surface area contributed by atoms with Gasteiger partial charge in [-0.1, -0.05) is 0 Å². The van der Waals surface area contributed by atoms with Crippen LogP contribution in [0.5, 0.6) is 0 Å². The van der Waals surface area contributed by atoms with Crippen molar-refractivity contribution in [3.05, 3.63) is 17.9 Å². The number of aliphatic carboxylic acids is 1. The first kappa shape index (κ1) is 11.6. The Bertz CT molecular complexity index is 331. The van der Waals surface area contributed by atoms with E-state index in [0.29, 0.717) is 5.88 Å². The van der Waals surface area contributed by atoms with Gasteiger partial charge in [-0.05, 0) is 19.9 Å². The van der Waals surface area contributed by atoms with Crippen molar-refractivity contribution in [2.45, 2.75) is 19.9 Å². The molecule has 1 aromatic heterocycles. The maximum absolute atomic E-state index is 10.6. The smallest absolute Gasteiger partial charge is 0.328 e. The molecule has 0 aliphatic rings. The molecule has 0 saturated heterocycles. The van der Waals surface area contributed by atoms with Crippen molar-refractivity contribution in [1.82, 2.24) is 0 Å². The first-order valence-electron chi connectivity index (χ1n) is 4.93. The summed E-state index contributed by atoms with van der Waals surface area (Å²) in [5.41, 5.74) is 5.42. The second-order valence-corrected chi connectivity index (χ2v) is 3.16. The Morgan fingerprint density at radius 2 is 2.13 bits per heavy atom. The molecule has 1 rings (SSSR count). The fourth-order valence-corrected chi connectivity index (χ4v) is 1.34. The van der Waals surface area contributed by atoms with Gasteiger partial charge in [0.15, 0.2) is 11.9 Å². The minimum atomic E-state index is -1.09. The van der Waals surface area contributed by atoms with E-state index in [4.69, 9.17) is 15.3 Å². The molecule has 0 radical (unpaired) electrons. The van der Waals surface area contributed by atoms with Crippen LogP contribution in [-0.4, -0.2) is 24.2 Å². The maximum atomic E-state index is 10.6. The fraction of sp³-hybridized carbons (Fsp3) is 0.500. The van der Waals surface area contributed by atoms with E-state index in [1.165, 1.54) is 0 Å². The average molecular weight is 212 g/mol. The predicted octanol–water partition coefficient (Wildman–Crippen LogP) is 1.21. The van der Waals surface area contributed by atoms with E-state index in [0.717, 1.165) is 13.1 Å². The predicted molar refractivity (Wildman–Crippen MR) is 56.8 cm³/mol. The molecule has 5 heteroatoms. The molecule has 0 aromatic carbocycles. The summed E-state index contributed by atoms with van der Waals surface area (Å²) in [6.45, 7) is 5.63. The number of nitrogens with zero attached hydrogens (tertiary/aromatic N) is 1. The molecular formula is C10H16N2O3. The number of rotatable bonds is 5. The van der Waals surface area contributed by atoms with E-state index in [1.54, 1.807) is 12.1 Å². The number of hydrogen-bond donors (Lipinski definition) is 2. The van der Waals surface area contributed by atoms with Crippen LogP contribution in [0.3, 0.4) is 0 Å². The van der Waals surface area contributed by atoms with Crippen LogP contribution in [0, 0.1) is 0 Å². The van der Waals surface area contributed by atoms with Crippen LogP contribution in [0.1, 0.15) is 25.6 Å². The lowest BCUT2D eigenvalue weighted by Gasteiger charge is -2.17. The molecule has 84 valence electrons. The van der Waals surface area contributed by atoms with E-state index < -0.39 is 12.0 Å². The average Bonchev–Trinajstić information content (AvgIpc) is 2.67. The Morgan fingerprint density at radius 3 is 2.60 bits per heavy atom. The van der Waals surface area contributed by atoms with Gasteiger partial charge in [-0.2, -0.15) is 0 Å². The third-order valence-corrected chi connectivity index (χ3v) is 2.26. The molecule has 0 bridgehead atoms. The fourth-order valence-electron chi connectivity index (χ4n) is 1.34. The van der Waals surface area contributed by atoms with E-state index in [2.05, 4.69) is 0 Å². The highest BCUT2D eigenvalue weighted by atomic mass is 16.4. The normalized spacial score (nSPS) is 12.5. The zero-order chi connectivity index (χ0) is 11.4. The molecular weight excluding hydrogens is 196 g/mol. The van der Waals surface area contributed by atoms with Crippen LogP contribution in [-0.2, 0) is 4.79 Å². The molecule has 0 amide bonds. The third-order valence-electron chi connectivity index (χ3n) is 2.26.